The summed E-state index contributed by atoms with van der Waals surface area (Å²) in [5.74, 6) is 0.645. The third-order valence-electron chi connectivity index (χ3n) is 3.48. The summed E-state index contributed by atoms with van der Waals surface area (Å²) >= 11 is 0. The van der Waals surface area contributed by atoms with Crippen LogP contribution in [0.3, 0.4) is 0 Å². The topological polar surface area (TPSA) is 50.4 Å². The van der Waals surface area contributed by atoms with Gasteiger partial charge in [0.05, 0.1) is 0 Å². The van der Waals surface area contributed by atoms with Gasteiger partial charge < -0.3 is 15.4 Å². The van der Waals surface area contributed by atoms with Crippen LogP contribution in [0, 0.1) is 5.92 Å². The lowest BCUT2D eigenvalue weighted by molar-refractivity contribution is 0.0699. The molecule has 1 saturated heterocycles. The molecule has 0 unspecified atom stereocenters. The maximum atomic E-state index is 12.0. The smallest absolute Gasteiger partial charge is 0.251 e. The summed E-state index contributed by atoms with van der Waals surface area (Å²) in [5.41, 5.74) is 1.71. The van der Waals surface area contributed by atoms with Gasteiger partial charge in [0.15, 0.2) is 0 Å². The second-order valence-electron chi connectivity index (χ2n) is 5.65. The van der Waals surface area contributed by atoms with Gasteiger partial charge in [0.2, 0.25) is 0 Å². The molecule has 0 spiro atoms. The minimum absolute atomic E-state index is 0.0188. The Bertz CT molecular complexity index is 440. The van der Waals surface area contributed by atoms with Crippen LogP contribution in [0.1, 0.15) is 37.0 Å². The van der Waals surface area contributed by atoms with Crippen molar-refractivity contribution in [2.75, 3.05) is 25.1 Å². The number of carbonyl (C=O) groups excluding carboxylic acids is 1. The van der Waals surface area contributed by atoms with Crippen molar-refractivity contribution in [3.05, 3.63) is 29.8 Å². The summed E-state index contributed by atoms with van der Waals surface area (Å²) in [5, 5.41) is 6.34. The molecule has 0 aromatic heterocycles. The SMILES string of the molecule is CC(C)NC(=O)c1cccc(NCC2CCOCC2)c1. The van der Waals surface area contributed by atoms with Gasteiger partial charge in [-0.25, -0.2) is 0 Å². The number of hydrogen-bond acceptors (Lipinski definition) is 3. The van der Waals surface area contributed by atoms with Crippen LogP contribution in [-0.2, 0) is 4.74 Å². The van der Waals surface area contributed by atoms with Crippen molar-refractivity contribution >= 4 is 11.6 Å². The zero-order valence-electron chi connectivity index (χ0n) is 12.3. The Morgan fingerprint density at radius 1 is 1.35 bits per heavy atom. The molecule has 4 heteroatoms. The maximum absolute atomic E-state index is 12.0. The van der Waals surface area contributed by atoms with Gasteiger partial charge in [0.1, 0.15) is 0 Å². The zero-order chi connectivity index (χ0) is 14.4. The first kappa shape index (κ1) is 14.9. The van der Waals surface area contributed by atoms with Crippen molar-refractivity contribution in [3.8, 4) is 0 Å². The summed E-state index contributed by atoms with van der Waals surface area (Å²) in [6.45, 7) is 6.60. The highest BCUT2D eigenvalue weighted by Crippen LogP contribution is 2.17. The molecule has 0 radical (unpaired) electrons. The molecule has 20 heavy (non-hydrogen) atoms. The molecule has 0 saturated carbocycles. The van der Waals surface area contributed by atoms with Gasteiger partial charge in [0, 0.05) is 37.1 Å². The number of amides is 1. The molecule has 0 atom stereocenters. The molecule has 2 rings (SSSR count). The molecule has 1 heterocycles. The Balaban J connectivity index is 1.90. The monoisotopic (exact) mass is 276 g/mol. The van der Waals surface area contributed by atoms with Crippen LogP contribution in [0.15, 0.2) is 24.3 Å². The molecule has 2 N–H and O–H groups in total. The van der Waals surface area contributed by atoms with Gasteiger partial charge in [-0.1, -0.05) is 6.07 Å². The Hall–Kier alpha value is -1.55. The normalized spacial score (nSPS) is 16.1. The lowest BCUT2D eigenvalue weighted by Crippen LogP contribution is -2.30. The van der Waals surface area contributed by atoms with Crippen molar-refractivity contribution in [2.24, 2.45) is 5.92 Å². The fourth-order valence-electron chi connectivity index (χ4n) is 2.33. The Labute approximate surface area is 120 Å². The maximum Gasteiger partial charge on any atom is 0.251 e. The number of ether oxygens (including phenoxy) is 1. The highest BCUT2D eigenvalue weighted by molar-refractivity contribution is 5.95. The summed E-state index contributed by atoms with van der Waals surface area (Å²) in [6, 6.07) is 7.84. The quantitative estimate of drug-likeness (QED) is 0.869. The molecule has 110 valence electrons. The van der Waals surface area contributed by atoms with E-state index in [1.165, 1.54) is 0 Å². The fourth-order valence-corrected chi connectivity index (χ4v) is 2.33. The van der Waals surface area contributed by atoms with Crippen LogP contribution >= 0.6 is 0 Å². The first-order chi connectivity index (χ1) is 9.65. The fraction of sp³-hybridized carbons (Fsp3) is 0.562. The summed E-state index contributed by atoms with van der Waals surface area (Å²) in [6.07, 6.45) is 2.22. The first-order valence-electron chi connectivity index (χ1n) is 7.37. The van der Waals surface area contributed by atoms with E-state index in [9.17, 15) is 4.79 Å². The molecular weight excluding hydrogens is 252 g/mol. The van der Waals surface area contributed by atoms with Crippen molar-refractivity contribution in [1.82, 2.24) is 5.32 Å². The van der Waals surface area contributed by atoms with E-state index in [0.717, 1.165) is 38.3 Å². The van der Waals surface area contributed by atoms with E-state index in [0.29, 0.717) is 11.5 Å². The lowest BCUT2D eigenvalue weighted by Gasteiger charge is -2.22. The van der Waals surface area contributed by atoms with Gasteiger partial charge in [-0.05, 0) is 50.8 Å². The average Bonchev–Trinajstić information content (AvgIpc) is 2.46. The Kier molecular flexibility index (Phi) is 5.41. The lowest BCUT2D eigenvalue weighted by atomic mass is 10.0. The summed E-state index contributed by atoms with van der Waals surface area (Å²) in [4.78, 5) is 12.0. The van der Waals surface area contributed by atoms with E-state index in [2.05, 4.69) is 10.6 Å². The van der Waals surface area contributed by atoms with E-state index in [1.807, 2.05) is 38.1 Å². The van der Waals surface area contributed by atoms with Crippen LogP contribution in [-0.4, -0.2) is 31.7 Å². The van der Waals surface area contributed by atoms with E-state index >= 15 is 0 Å². The first-order valence-corrected chi connectivity index (χ1v) is 7.37. The highest BCUT2D eigenvalue weighted by atomic mass is 16.5. The van der Waals surface area contributed by atoms with Crippen molar-refractivity contribution in [1.29, 1.82) is 0 Å². The molecule has 1 amide bonds. The van der Waals surface area contributed by atoms with Crippen LogP contribution in [0.25, 0.3) is 0 Å². The largest absolute Gasteiger partial charge is 0.385 e. The minimum Gasteiger partial charge on any atom is -0.385 e. The molecular formula is C16H24N2O2. The molecule has 1 fully saturated rings. The van der Waals surface area contributed by atoms with Gasteiger partial charge >= 0.3 is 0 Å². The van der Waals surface area contributed by atoms with Crippen molar-refractivity contribution < 1.29 is 9.53 Å². The third-order valence-corrected chi connectivity index (χ3v) is 3.48. The van der Waals surface area contributed by atoms with E-state index in [-0.39, 0.29) is 11.9 Å². The number of carbonyl (C=O) groups is 1. The van der Waals surface area contributed by atoms with E-state index < -0.39 is 0 Å². The molecule has 1 aliphatic heterocycles. The van der Waals surface area contributed by atoms with Gasteiger partial charge in [0.25, 0.3) is 5.91 Å². The number of rotatable bonds is 5. The number of anilines is 1. The number of hydrogen-bond donors (Lipinski definition) is 2. The summed E-state index contributed by atoms with van der Waals surface area (Å²) in [7, 11) is 0. The number of nitrogens with one attached hydrogen (secondary N) is 2. The van der Waals surface area contributed by atoms with Crippen LogP contribution in [0.2, 0.25) is 0 Å². The Morgan fingerprint density at radius 3 is 2.80 bits per heavy atom. The van der Waals surface area contributed by atoms with E-state index in [4.69, 9.17) is 4.74 Å². The van der Waals surface area contributed by atoms with Gasteiger partial charge in [-0.15, -0.1) is 0 Å². The predicted octanol–water partition coefficient (Wildman–Crippen LogP) is 2.66. The van der Waals surface area contributed by atoms with Crippen molar-refractivity contribution in [3.63, 3.8) is 0 Å². The molecule has 1 aromatic rings. The standard InChI is InChI=1S/C16H24N2O2/c1-12(2)18-16(19)14-4-3-5-15(10-14)17-11-13-6-8-20-9-7-13/h3-5,10,12-13,17H,6-9,11H2,1-2H3,(H,18,19). The molecule has 1 aromatic carbocycles. The van der Waals surface area contributed by atoms with E-state index in [1.54, 1.807) is 0 Å². The molecule has 1 aliphatic rings. The van der Waals surface area contributed by atoms with Crippen molar-refractivity contribution in [2.45, 2.75) is 32.7 Å². The van der Waals surface area contributed by atoms with Crippen LogP contribution in [0.4, 0.5) is 5.69 Å². The summed E-state index contributed by atoms with van der Waals surface area (Å²) < 4.78 is 5.36. The van der Waals surface area contributed by atoms with Crippen LogP contribution < -0.4 is 10.6 Å². The van der Waals surface area contributed by atoms with Gasteiger partial charge in [-0.2, -0.15) is 0 Å². The average molecular weight is 276 g/mol. The molecule has 0 bridgehead atoms. The predicted molar refractivity (Wildman–Crippen MR) is 81.1 cm³/mol. The second-order valence-corrected chi connectivity index (χ2v) is 5.65. The van der Waals surface area contributed by atoms with Crippen LogP contribution in [0.5, 0.6) is 0 Å². The minimum atomic E-state index is -0.0188. The molecule has 4 nitrogen and oxygen atoms in total. The van der Waals surface area contributed by atoms with Gasteiger partial charge in [-0.3, -0.25) is 4.79 Å². The highest BCUT2D eigenvalue weighted by Gasteiger charge is 2.13. The zero-order valence-corrected chi connectivity index (χ0v) is 12.3. The second kappa shape index (κ2) is 7.29. The number of benzene rings is 1. The third kappa shape index (κ3) is 4.53. The Morgan fingerprint density at radius 2 is 2.10 bits per heavy atom. The molecule has 0 aliphatic carbocycles.